The van der Waals surface area contributed by atoms with Crippen LogP contribution in [-0.2, 0) is 0 Å². The van der Waals surface area contributed by atoms with Crippen molar-refractivity contribution in [2.24, 2.45) is 0 Å². The summed E-state index contributed by atoms with van der Waals surface area (Å²) < 4.78 is 0.844. The number of carbonyl (C=O) groups is 1. The lowest BCUT2D eigenvalue weighted by atomic mass is 10.0. The van der Waals surface area contributed by atoms with Crippen LogP contribution < -0.4 is 5.11 Å². The van der Waals surface area contributed by atoms with Crippen LogP contribution in [0.15, 0.2) is 24.3 Å². The Balaban J connectivity index is 0. The number of carboxylic acid groups (broad SMARTS) is 1. The summed E-state index contributed by atoms with van der Waals surface area (Å²) in [6, 6.07) is 5.54. The number of nitrogens with zero attached hydrogens (tertiary/aromatic N) is 1. The summed E-state index contributed by atoms with van der Waals surface area (Å²) in [5.41, 5.74) is -0.178. The van der Waals surface area contributed by atoms with Crippen LogP contribution in [0.5, 0.6) is 5.75 Å². The van der Waals surface area contributed by atoms with Crippen molar-refractivity contribution in [3.05, 3.63) is 29.8 Å². The number of carboxylic acids is 1. The zero-order valence-corrected chi connectivity index (χ0v) is 16.8. The molecule has 0 fully saturated rings. The standard InChI is InChI=1S/C7H6O3.C6H14O6.C5H14NO/c8-6-4-2-1-3-5(6)7(9)10;7-1-3(9)5(11)6(12)4(10)2-8;1-6(2,3)4-5-7/h1-4,8H,(H,9,10);3-12H,1-2H2;7H,4-5H2,1-3H3/q;;+1/p-1/t;3-,4+,5-,6-;/m.1./s1. The molecule has 0 aliphatic rings. The Labute approximate surface area is 169 Å². The van der Waals surface area contributed by atoms with E-state index in [1.807, 2.05) is 0 Å². The van der Waals surface area contributed by atoms with Gasteiger partial charge in [0.25, 0.3) is 0 Å². The molecule has 0 bridgehead atoms. The molecule has 1 aromatic rings. The molecule has 0 aromatic heterocycles. The Hall–Kier alpha value is -1.83. The highest BCUT2D eigenvalue weighted by Crippen LogP contribution is 2.10. The van der Waals surface area contributed by atoms with Gasteiger partial charge in [0.15, 0.2) is 0 Å². The van der Waals surface area contributed by atoms with E-state index in [0.29, 0.717) is 0 Å². The average molecular weight is 423 g/mol. The van der Waals surface area contributed by atoms with Gasteiger partial charge in [-0.2, -0.15) is 0 Å². The number of aromatic carboxylic acids is 1. The van der Waals surface area contributed by atoms with Gasteiger partial charge in [-0.3, -0.25) is 0 Å². The fourth-order valence-electron chi connectivity index (χ4n) is 1.61. The molecule has 1 aromatic carbocycles. The maximum atomic E-state index is 10.7. The molecule has 170 valence electrons. The fourth-order valence-corrected chi connectivity index (χ4v) is 1.61. The van der Waals surface area contributed by atoms with Crippen molar-refractivity contribution < 1.29 is 55.2 Å². The Morgan fingerprint density at radius 1 is 0.931 bits per heavy atom. The average Bonchev–Trinajstić information content (AvgIpc) is 2.65. The summed E-state index contributed by atoms with van der Waals surface area (Å²) in [5.74, 6) is -1.62. The van der Waals surface area contributed by atoms with Crippen molar-refractivity contribution in [2.75, 3.05) is 47.5 Å². The topological polar surface area (TPSA) is 202 Å². The third kappa shape index (κ3) is 13.9. The van der Waals surface area contributed by atoms with Gasteiger partial charge in [0.2, 0.25) is 0 Å². The van der Waals surface area contributed by atoms with Crippen LogP contribution in [0.1, 0.15) is 10.4 Å². The van der Waals surface area contributed by atoms with Crippen molar-refractivity contribution in [1.29, 1.82) is 0 Å². The van der Waals surface area contributed by atoms with Gasteiger partial charge < -0.3 is 50.4 Å². The Bertz CT molecular complexity index is 550. The van der Waals surface area contributed by atoms with Gasteiger partial charge in [-0.15, -0.1) is 0 Å². The number of quaternary nitrogens is 1. The summed E-state index contributed by atoms with van der Waals surface area (Å²) in [7, 11) is 6.16. The van der Waals surface area contributed by atoms with E-state index in [1.54, 1.807) is 0 Å². The van der Waals surface area contributed by atoms with E-state index in [0.717, 1.165) is 11.0 Å². The van der Waals surface area contributed by atoms with Gasteiger partial charge in [0, 0.05) is 0 Å². The molecule has 1 rings (SSSR count). The molecule has 11 heteroatoms. The largest absolute Gasteiger partial charge is 0.872 e. The first-order chi connectivity index (χ1) is 13.3. The summed E-state index contributed by atoms with van der Waals surface area (Å²) in [4.78, 5) is 10.2. The van der Waals surface area contributed by atoms with E-state index in [-0.39, 0.29) is 12.2 Å². The van der Waals surface area contributed by atoms with Gasteiger partial charge in [0.05, 0.1) is 46.5 Å². The lowest BCUT2D eigenvalue weighted by Crippen LogP contribution is -2.46. The van der Waals surface area contributed by atoms with Gasteiger partial charge in [-0.05, 0) is 6.07 Å². The number of benzene rings is 1. The monoisotopic (exact) mass is 423 g/mol. The van der Waals surface area contributed by atoms with E-state index < -0.39 is 49.3 Å². The summed E-state index contributed by atoms with van der Waals surface area (Å²) >= 11 is 0. The number of aliphatic hydroxyl groups is 7. The van der Waals surface area contributed by atoms with Crippen LogP contribution in [0.25, 0.3) is 0 Å². The highest BCUT2D eigenvalue weighted by atomic mass is 16.4. The van der Waals surface area contributed by atoms with Crippen molar-refractivity contribution >= 4 is 5.97 Å². The minimum Gasteiger partial charge on any atom is -0.872 e. The van der Waals surface area contributed by atoms with Crippen LogP contribution in [0.4, 0.5) is 0 Å². The number of rotatable bonds is 8. The highest BCUT2D eigenvalue weighted by molar-refractivity contribution is 5.90. The van der Waals surface area contributed by atoms with E-state index in [2.05, 4.69) is 21.1 Å². The highest BCUT2D eigenvalue weighted by Gasteiger charge is 2.29. The maximum Gasteiger partial charge on any atom is 0.335 e. The first kappa shape index (κ1) is 29.4. The lowest BCUT2D eigenvalue weighted by molar-refractivity contribution is -0.870. The minimum absolute atomic E-state index is 0.178. The summed E-state index contributed by atoms with van der Waals surface area (Å²) in [6.07, 6.45) is -6.39. The molecule has 0 amide bonds. The van der Waals surface area contributed by atoms with E-state index in [4.69, 9.17) is 40.9 Å². The Morgan fingerprint density at radius 3 is 1.55 bits per heavy atom. The number of hydrogen-bond donors (Lipinski definition) is 8. The molecule has 11 nitrogen and oxygen atoms in total. The molecule has 0 unspecified atom stereocenters. The first-order valence-electron chi connectivity index (χ1n) is 8.67. The second-order valence-electron chi connectivity index (χ2n) is 7.02. The predicted molar refractivity (Wildman–Crippen MR) is 101 cm³/mol. The van der Waals surface area contributed by atoms with Crippen LogP contribution in [0.2, 0.25) is 0 Å². The smallest absolute Gasteiger partial charge is 0.335 e. The molecule has 4 atom stereocenters. The number of aliphatic hydroxyl groups excluding tert-OH is 7. The maximum absolute atomic E-state index is 10.7. The molecule has 0 saturated carbocycles. The van der Waals surface area contributed by atoms with Crippen molar-refractivity contribution in [3.8, 4) is 5.75 Å². The second-order valence-corrected chi connectivity index (χ2v) is 7.02. The second kappa shape index (κ2) is 15.1. The predicted octanol–water partition coefficient (Wildman–Crippen LogP) is -3.44. The Morgan fingerprint density at radius 2 is 1.34 bits per heavy atom. The normalized spacial score (nSPS) is 15.0. The zero-order chi connectivity index (χ0) is 23.2. The van der Waals surface area contributed by atoms with Crippen molar-refractivity contribution in [2.45, 2.75) is 24.4 Å². The van der Waals surface area contributed by atoms with Crippen molar-refractivity contribution in [3.63, 3.8) is 0 Å². The summed E-state index contributed by atoms with van der Waals surface area (Å²) in [5, 5.41) is 79.6. The lowest BCUT2D eigenvalue weighted by Gasteiger charge is -2.24. The molecular weight excluding hydrogens is 390 g/mol. The molecule has 0 heterocycles. The molecule has 0 aliphatic carbocycles. The van der Waals surface area contributed by atoms with Gasteiger partial charge in [0.1, 0.15) is 31.0 Å². The Kier molecular flexibility index (Phi) is 15.3. The van der Waals surface area contributed by atoms with Crippen molar-refractivity contribution in [1.82, 2.24) is 0 Å². The minimum atomic E-state index is -1.67. The van der Waals surface area contributed by atoms with E-state index >= 15 is 0 Å². The third-order valence-corrected chi connectivity index (χ3v) is 3.40. The van der Waals surface area contributed by atoms with Crippen LogP contribution >= 0.6 is 0 Å². The van der Waals surface area contributed by atoms with E-state index in [9.17, 15) is 9.90 Å². The zero-order valence-electron chi connectivity index (χ0n) is 16.8. The number of hydrogen-bond acceptors (Lipinski definition) is 9. The molecule has 0 aliphatic heterocycles. The molecule has 0 radical (unpaired) electrons. The quantitative estimate of drug-likeness (QED) is 0.194. The molecule has 0 spiro atoms. The SMILES string of the molecule is C[N+](C)(C)CCO.O=C(O)c1ccccc1[O-].OC[C@@H](O)[C@@H](O)[C@H](O)[C@@H](O)CO. The molecule has 29 heavy (non-hydrogen) atoms. The number of likely N-dealkylation sites (N-methyl/N-ethyl adjacent to an activating group) is 1. The van der Waals surface area contributed by atoms with Crippen LogP contribution in [0, 0.1) is 0 Å². The van der Waals surface area contributed by atoms with E-state index in [1.165, 1.54) is 24.3 Å². The molecule has 0 saturated heterocycles. The van der Waals surface area contributed by atoms with Gasteiger partial charge in [-0.1, -0.05) is 23.9 Å². The number of para-hydroxylation sites is 1. The first-order valence-corrected chi connectivity index (χ1v) is 8.67. The molecule has 8 N–H and O–H groups in total. The van der Waals surface area contributed by atoms with Gasteiger partial charge >= 0.3 is 5.97 Å². The molecular formula is C18H33NO10. The van der Waals surface area contributed by atoms with Crippen LogP contribution in [0.3, 0.4) is 0 Å². The summed E-state index contributed by atoms with van der Waals surface area (Å²) in [6.45, 7) is -0.337. The van der Waals surface area contributed by atoms with Crippen LogP contribution in [-0.4, -0.2) is 123 Å². The third-order valence-electron chi connectivity index (χ3n) is 3.40. The fraction of sp³-hybridized carbons (Fsp3) is 0.611. The van der Waals surface area contributed by atoms with Gasteiger partial charge in [-0.25, -0.2) is 4.79 Å².